The molecule has 2 amide bonds. The molecule has 0 aromatic heterocycles. The lowest BCUT2D eigenvalue weighted by Crippen LogP contribution is -2.45. The van der Waals surface area contributed by atoms with Crippen LogP contribution >= 0.6 is 0 Å². The van der Waals surface area contributed by atoms with Gasteiger partial charge in [-0.3, -0.25) is 9.59 Å². The molecule has 0 radical (unpaired) electrons. The molecule has 0 aliphatic carbocycles. The van der Waals surface area contributed by atoms with Crippen LogP contribution in [0.2, 0.25) is 0 Å². The number of hydrogen-bond donors (Lipinski definition) is 3. The Morgan fingerprint density at radius 1 is 1.32 bits per heavy atom. The monoisotopic (exact) mass is 263 g/mol. The number of rotatable bonds is 4. The molecule has 0 aliphatic heterocycles. The van der Waals surface area contributed by atoms with Crippen LogP contribution in [0.15, 0.2) is 18.2 Å². The van der Waals surface area contributed by atoms with E-state index in [9.17, 15) is 9.59 Å². The van der Waals surface area contributed by atoms with Crippen LogP contribution < -0.4 is 16.4 Å². The molecular formula is C14H21N3O2. The highest BCUT2D eigenvalue weighted by molar-refractivity contribution is 6.00. The number of benzene rings is 1. The first-order valence-corrected chi connectivity index (χ1v) is 6.25. The molecule has 0 saturated carbocycles. The number of nitrogens with one attached hydrogen (secondary N) is 2. The highest BCUT2D eigenvalue weighted by Gasteiger charge is 2.22. The largest absolute Gasteiger partial charge is 0.352 e. The van der Waals surface area contributed by atoms with E-state index in [1.54, 1.807) is 32.0 Å². The van der Waals surface area contributed by atoms with Gasteiger partial charge in [-0.25, -0.2) is 0 Å². The minimum Gasteiger partial charge on any atom is -0.352 e. The summed E-state index contributed by atoms with van der Waals surface area (Å²) in [5.41, 5.74) is 6.76. The van der Waals surface area contributed by atoms with Crippen molar-refractivity contribution in [3.05, 3.63) is 29.3 Å². The zero-order valence-corrected chi connectivity index (χ0v) is 11.8. The molecule has 0 atom stereocenters. The zero-order valence-electron chi connectivity index (χ0n) is 11.8. The van der Waals surface area contributed by atoms with Crippen molar-refractivity contribution < 1.29 is 9.59 Å². The zero-order chi connectivity index (χ0) is 14.6. The van der Waals surface area contributed by atoms with Crippen molar-refractivity contribution in [3.8, 4) is 0 Å². The third-order valence-electron chi connectivity index (χ3n) is 2.67. The van der Waals surface area contributed by atoms with E-state index in [1.807, 2.05) is 13.8 Å². The molecule has 0 bridgehead atoms. The van der Waals surface area contributed by atoms with Crippen LogP contribution in [0.5, 0.6) is 0 Å². The Balaban J connectivity index is 2.98. The van der Waals surface area contributed by atoms with E-state index in [2.05, 4.69) is 10.6 Å². The number of carbonyl (C=O) groups is 2. The molecular weight excluding hydrogens is 242 g/mol. The van der Waals surface area contributed by atoms with Crippen molar-refractivity contribution in [2.75, 3.05) is 11.9 Å². The maximum absolute atomic E-state index is 11.9. The number of amides is 2. The Morgan fingerprint density at radius 2 is 1.95 bits per heavy atom. The van der Waals surface area contributed by atoms with Gasteiger partial charge in [0.15, 0.2) is 0 Å². The second-order valence-electron chi connectivity index (χ2n) is 5.06. The normalized spacial score (nSPS) is 11.0. The fourth-order valence-electron chi connectivity index (χ4n) is 1.44. The smallest absolute Gasteiger partial charge is 0.251 e. The second kappa shape index (κ2) is 5.84. The summed E-state index contributed by atoms with van der Waals surface area (Å²) in [4.78, 5) is 23.6. The van der Waals surface area contributed by atoms with Gasteiger partial charge in [-0.1, -0.05) is 6.07 Å². The topological polar surface area (TPSA) is 84.2 Å². The summed E-state index contributed by atoms with van der Waals surface area (Å²) < 4.78 is 0. The van der Waals surface area contributed by atoms with E-state index in [1.165, 1.54) is 0 Å². The average molecular weight is 263 g/mol. The minimum absolute atomic E-state index is 0.162. The van der Waals surface area contributed by atoms with Crippen LogP contribution in [0.1, 0.15) is 36.7 Å². The molecule has 0 aliphatic rings. The molecule has 4 N–H and O–H groups in total. The van der Waals surface area contributed by atoms with Crippen LogP contribution in [0.25, 0.3) is 0 Å². The predicted molar refractivity (Wildman–Crippen MR) is 76.1 cm³/mol. The Bertz CT molecular complexity index is 490. The standard InChI is InChI=1S/C14H21N3O2/c1-5-16-12(18)10-7-6-9(2)11(8-10)17-13(19)14(3,4)15/h6-8H,5,15H2,1-4H3,(H,16,18)(H,17,19). The highest BCUT2D eigenvalue weighted by atomic mass is 16.2. The Labute approximate surface area is 113 Å². The molecule has 0 heterocycles. The van der Waals surface area contributed by atoms with Crippen molar-refractivity contribution in [2.24, 2.45) is 5.73 Å². The van der Waals surface area contributed by atoms with Gasteiger partial charge < -0.3 is 16.4 Å². The summed E-state index contributed by atoms with van der Waals surface area (Å²) in [6.45, 7) is 7.53. The third-order valence-corrected chi connectivity index (χ3v) is 2.67. The summed E-state index contributed by atoms with van der Waals surface area (Å²) in [7, 11) is 0. The van der Waals surface area contributed by atoms with E-state index in [0.29, 0.717) is 17.8 Å². The molecule has 19 heavy (non-hydrogen) atoms. The highest BCUT2D eigenvalue weighted by Crippen LogP contribution is 2.18. The third kappa shape index (κ3) is 4.06. The molecule has 0 spiro atoms. The number of carbonyl (C=O) groups excluding carboxylic acids is 2. The Morgan fingerprint density at radius 3 is 2.47 bits per heavy atom. The van der Waals surface area contributed by atoms with Crippen LogP contribution in [-0.4, -0.2) is 23.9 Å². The van der Waals surface area contributed by atoms with Crippen molar-refractivity contribution in [3.63, 3.8) is 0 Å². The molecule has 0 fully saturated rings. The van der Waals surface area contributed by atoms with Crippen LogP contribution in [0.3, 0.4) is 0 Å². The summed E-state index contributed by atoms with van der Waals surface area (Å²) in [5.74, 6) is -0.450. The lowest BCUT2D eigenvalue weighted by Gasteiger charge is -2.19. The number of aryl methyl sites for hydroxylation is 1. The molecule has 1 aromatic rings. The molecule has 1 aromatic carbocycles. The predicted octanol–water partition coefficient (Wildman–Crippen LogP) is 1.42. The lowest BCUT2D eigenvalue weighted by molar-refractivity contribution is -0.120. The average Bonchev–Trinajstić information content (AvgIpc) is 2.30. The first-order valence-electron chi connectivity index (χ1n) is 6.25. The number of anilines is 1. The van der Waals surface area contributed by atoms with E-state index in [0.717, 1.165) is 5.56 Å². The number of nitrogens with two attached hydrogens (primary N) is 1. The van der Waals surface area contributed by atoms with Gasteiger partial charge in [-0.2, -0.15) is 0 Å². The van der Waals surface area contributed by atoms with Gasteiger partial charge in [-0.05, 0) is 45.4 Å². The first-order chi connectivity index (χ1) is 8.75. The first kappa shape index (κ1) is 15.2. The summed E-state index contributed by atoms with van der Waals surface area (Å²) in [6.07, 6.45) is 0. The van der Waals surface area contributed by atoms with Crippen molar-refractivity contribution in [1.29, 1.82) is 0 Å². The summed E-state index contributed by atoms with van der Waals surface area (Å²) in [5, 5.41) is 5.46. The quantitative estimate of drug-likeness (QED) is 0.768. The van der Waals surface area contributed by atoms with Gasteiger partial charge in [0, 0.05) is 17.8 Å². The van der Waals surface area contributed by atoms with Gasteiger partial charge in [0.1, 0.15) is 0 Å². The van der Waals surface area contributed by atoms with Crippen LogP contribution in [0.4, 0.5) is 5.69 Å². The second-order valence-corrected chi connectivity index (χ2v) is 5.06. The fraction of sp³-hybridized carbons (Fsp3) is 0.429. The van der Waals surface area contributed by atoms with Crippen molar-refractivity contribution in [2.45, 2.75) is 33.2 Å². The van der Waals surface area contributed by atoms with Gasteiger partial charge in [0.05, 0.1) is 5.54 Å². The molecule has 5 heteroatoms. The minimum atomic E-state index is -0.964. The lowest BCUT2D eigenvalue weighted by atomic mass is 10.0. The fourth-order valence-corrected chi connectivity index (χ4v) is 1.44. The van der Waals surface area contributed by atoms with E-state index in [-0.39, 0.29) is 11.8 Å². The van der Waals surface area contributed by atoms with Gasteiger partial charge >= 0.3 is 0 Å². The number of hydrogen-bond acceptors (Lipinski definition) is 3. The summed E-state index contributed by atoms with van der Waals surface area (Å²) >= 11 is 0. The van der Waals surface area contributed by atoms with Crippen LogP contribution in [0, 0.1) is 6.92 Å². The molecule has 104 valence electrons. The van der Waals surface area contributed by atoms with Gasteiger partial charge in [-0.15, -0.1) is 0 Å². The van der Waals surface area contributed by atoms with Gasteiger partial charge in [0.2, 0.25) is 5.91 Å². The van der Waals surface area contributed by atoms with E-state index >= 15 is 0 Å². The SMILES string of the molecule is CCNC(=O)c1ccc(C)c(NC(=O)C(C)(C)N)c1. The van der Waals surface area contributed by atoms with E-state index in [4.69, 9.17) is 5.73 Å². The maximum atomic E-state index is 11.9. The molecule has 1 rings (SSSR count). The van der Waals surface area contributed by atoms with Gasteiger partial charge in [0.25, 0.3) is 5.91 Å². The maximum Gasteiger partial charge on any atom is 0.251 e. The summed E-state index contributed by atoms with van der Waals surface area (Å²) in [6, 6.07) is 5.18. The Kier molecular flexibility index (Phi) is 4.67. The molecule has 0 unspecified atom stereocenters. The van der Waals surface area contributed by atoms with Crippen molar-refractivity contribution >= 4 is 17.5 Å². The molecule has 5 nitrogen and oxygen atoms in total. The Hall–Kier alpha value is -1.88. The van der Waals surface area contributed by atoms with E-state index < -0.39 is 5.54 Å². The van der Waals surface area contributed by atoms with Crippen molar-refractivity contribution in [1.82, 2.24) is 5.32 Å². The molecule has 0 saturated heterocycles. The van der Waals surface area contributed by atoms with Crippen LogP contribution in [-0.2, 0) is 4.79 Å².